The zero-order valence-corrected chi connectivity index (χ0v) is 15.6. The molecule has 2 aliphatic heterocycles. The van der Waals surface area contributed by atoms with E-state index in [0.717, 1.165) is 10.5 Å². The van der Waals surface area contributed by atoms with Crippen LogP contribution in [-0.2, 0) is 20.9 Å². The average Bonchev–Trinajstić information content (AvgIpc) is 3.12. The quantitative estimate of drug-likeness (QED) is 0.727. The van der Waals surface area contributed by atoms with Gasteiger partial charge in [0.15, 0.2) is 0 Å². The van der Waals surface area contributed by atoms with Crippen LogP contribution in [0.25, 0.3) is 0 Å². The Morgan fingerprint density at radius 1 is 1.33 bits per heavy atom. The summed E-state index contributed by atoms with van der Waals surface area (Å²) in [5.41, 5.74) is -0.134. The Balaban J connectivity index is 1.65. The molecule has 2 saturated heterocycles. The lowest BCUT2D eigenvalue weighted by molar-refractivity contribution is -0.170. The number of aliphatic hydroxyl groups excluding tert-OH is 1. The fourth-order valence-electron chi connectivity index (χ4n) is 3.81. The first kappa shape index (κ1) is 19.3. The number of ether oxygens (including phenoxy) is 1. The van der Waals surface area contributed by atoms with Crippen molar-refractivity contribution in [3.8, 4) is 0 Å². The van der Waals surface area contributed by atoms with E-state index in [1.165, 1.54) is 11.8 Å². The monoisotopic (exact) mass is 375 g/mol. The number of nitrogens with one attached hydrogen (secondary N) is 1. The standard InChI is InChI=1S/C19H25N3O5/c1-13(23)15(20-2)16(24)21-12-19(17(21)25)9-6-10-22(19)18(26)27-11-14-7-4-3-5-8-14/h3-5,7-8,13,15,20,23H,6,9-12H2,1-2H3. The van der Waals surface area contributed by atoms with Gasteiger partial charge in [0.2, 0.25) is 5.91 Å². The van der Waals surface area contributed by atoms with Crippen LogP contribution in [0, 0.1) is 0 Å². The smallest absolute Gasteiger partial charge is 0.411 e. The van der Waals surface area contributed by atoms with Crippen LogP contribution in [0.4, 0.5) is 4.79 Å². The van der Waals surface area contributed by atoms with Crippen LogP contribution in [0.3, 0.4) is 0 Å². The van der Waals surface area contributed by atoms with Crippen molar-refractivity contribution < 1.29 is 24.2 Å². The molecule has 3 amide bonds. The number of β-lactam (4-membered cyclic amide) rings is 1. The third-order valence-corrected chi connectivity index (χ3v) is 5.30. The summed E-state index contributed by atoms with van der Waals surface area (Å²) in [5, 5.41) is 12.4. The first-order valence-corrected chi connectivity index (χ1v) is 9.10. The number of carbonyl (C=O) groups is 3. The fourth-order valence-corrected chi connectivity index (χ4v) is 3.81. The number of likely N-dealkylation sites (N-methyl/N-ethyl adjacent to an activating group) is 1. The maximum atomic E-state index is 12.8. The summed E-state index contributed by atoms with van der Waals surface area (Å²) in [5.74, 6) is -0.879. The zero-order chi connectivity index (χ0) is 19.6. The molecule has 0 saturated carbocycles. The molecule has 3 unspecified atom stereocenters. The summed E-state index contributed by atoms with van der Waals surface area (Å²) < 4.78 is 5.37. The van der Waals surface area contributed by atoms with Gasteiger partial charge in [-0.2, -0.15) is 0 Å². The first-order valence-electron chi connectivity index (χ1n) is 9.10. The number of rotatable bonds is 5. The van der Waals surface area contributed by atoms with Gasteiger partial charge < -0.3 is 15.2 Å². The third-order valence-electron chi connectivity index (χ3n) is 5.30. The molecule has 8 nitrogen and oxygen atoms in total. The first-order chi connectivity index (χ1) is 12.9. The van der Waals surface area contributed by atoms with Gasteiger partial charge >= 0.3 is 6.09 Å². The second-order valence-electron chi connectivity index (χ2n) is 7.06. The highest BCUT2D eigenvalue weighted by atomic mass is 16.6. The van der Waals surface area contributed by atoms with Gasteiger partial charge in [0.05, 0.1) is 12.6 Å². The lowest BCUT2D eigenvalue weighted by Gasteiger charge is -2.50. The van der Waals surface area contributed by atoms with Crippen LogP contribution in [0.2, 0.25) is 0 Å². The topological polar surface area (TPSA) is 99.2 Å². The number of aliphatic hydroxyl groups is 1. The summed E-state index contributed by atoms with van der Waals surface area (Å²) in [6.07, 6.45) is -0.283. The third kappa shape index (κ3) is 3.42. The van der Waals surface area contributed by atoms with E-state index in [1.54, 1.807) is 7.05 Å². The minimum atomic E-state index is -1.000. The van der Waals surface area contributed by atoms with Crippen LogP contribution in [0.5, 0.6) is 0 Å². The highest BCUT2D eigenvalue weighted by molar-refractivity contribution is 6.08. The summed E-state index contributed by atoms with van der Waals surface area (Å²) in [7, 11) is 1.55. The molecule has 3 atom stereocenters. The van der Waals surface area contributed by atoms with Crippen LogP contribution in [0.15, 0.2) is 30.3 Å². The summed E-state index contributed by atoms with van der Waals surface area (Å²) in [6, 6.07) is 8.46. The van der Waals surface area contributed by atoms with Gasteiger partial charge in [-0.3, -0.25) is 19.4 Å². The summed E-state index contributed by atoms with van der Waals surface area (Å²) >= 11 is 0. The highest BCUT2D eigenvalue weighted by Crippen LogP contribution is 2.39. The number of hydrogen-bond donors (Lipinski definition) is 2. The Morgan fingerprint density at radius 3 is 2.63 bits per heavy atom. The van der Waals surface area contributed by atoms with Crippen LogP contribution >= 0.6 is 0 Å². The van der Waals surface area contributed by atoms with Crippen LogP contribution < -0.4 is 5.32 Å². The number of imide groups is 1. The van der Waals surface area contributed by atoms with E-state index in [-0.39, 0.29) is 13.2 Å². The second kappa shape index (κ2) is 7.66. The molecule has 2 N–H and O–H groups in total. The lowest BCUT2D eigenvalue weighted by Crippen LogP contribution is -2.75. The summed E-state index contributed by atoms with van der Waals surface area (Å²) in [4.78, 5) is 40.4. The van der Waals surface area contributed by atoms with Gasteiger partial charge in [-0.1, -0.05) is 30.3 Å². The molecule has 2 aliphatic rings. The van der Waals surface area contributed by atoms with Crippen molar-refractivity contribution in [1.29, 1.82) is 0 Å². The molecule has 0 bridgehead atoms. The maximum absolute atomic E-state index is 12.8. The maximum Gasteiger partial charge on any atom is 0.411 e. The van der Waals surface area contributed by atoms with Crippen LogP contribution in [0.1, 0.15) is 25.3 Å². The Bertz CT molecular complexity index is 723. The Kier molecular flexibility index (Phi) is 5.48. The lowest BCUT2D eigenvalue weighted by atomic mass is 9.85. The molecular weight excluding hydrogens is 350 g/mol. The molecule has 1 aromatic carbocycles. The van der Waals surface area contributed by atoms with E-state index >= 15 is 0 Å². The van der Waals surface area contributed by atoms with E-state index in [4.69, 9.17) is 4.74 Å². The second-order valence-corrected chi connectivity index (χ2v) is 7.06. The normalized spacial score (nSPS) is 23.9. The molecule has 0 aliphatic carbocycles. The number of likely N-dealkylation sites (tertiary alicyclic amines) is 2. The summed E-state index contributed by atoms with van der Waals surface area (Å²) in [6.45, 7) is 2.18. The van der Waals surface area contributed by atoms with E-state index in [0.29, 0.717) is 19.4 Å². The number of carbonyl (C=O) groups excluding carboxylic acids is 3. The van der Waals surface area contributed by atoms with E-state index in [1.807, 2.05) is 30.3 Å². The number of amides is 3. The minimum absolute atomic E-state index is 0.132. The van der Waals surface area contributed by atoms with Crippen molar-refractivity contribution in [2.45, 2.75) is 44.1 Å². The van der Waals surface area contributed by atoms with Crippen molar-refractivity contribution in [2.24, 2.45) is 0 Å². The van der Waals surface area contributed by atoms with Crippen molar-refractivity contribution in [3.63, 3.8) is 0 Å². The number of nitrogens with zero attached hydrogens (tertiary/aromatic N) is 2. The van der Waals surface area contributed by atoms with Gasteiger partial charge in [-0.15, -0.1) is 0 Å². The molecule has 2 fully saturated rings. The Labute approximate surface area is 158 Å². The predicted octanol–water partition coefficient (Wildman–Crippen LogP) is 0.495. The molecule has 2 heterocycles. The van der Waals surface area contributed by atoms with Crippen molar-refractivity contribution in [1.82, 2.24) is 15.1 Å². The van der Waals surface area contributed by atoms with Gasteiger partial charge in [0.25, 0.3) is 5.91 Å². The van der Waals surface area contributed by atoms with E-state index in [2.05, 4.69) is 5.32 Å². The van der Waals surface area contributed by atoms with Gasteiger partial charge in [-0.05, 0) is 32.4 Å². The van der Waals surface area contributed by atoms with Crippen molar-refractivity contribution in [3.05, 3.63) is 35.9 Å². The molecule has 146 valence electrons. The minimum Gasteiger partial charge on any atom is -0.445 e. The molecule has 27 heavy (non-hydrogen) atoms. The SMILES string of the molecule is CNC(C(=O)N1CC2(CCCN2C(=O)OCc2ccccc2)C1=O)C(C)O. The molecule has 8 heteroatoms. The van der Waals surface area contributed by atoms with Gasteiger partial charge in [0, 0.05) is 6.54 Å². The van der Waals surface area contributed by atoms with E-state index < -0.39 is 35.6 Å². The highest BCUT2D eigenvalue weighted by Gasteiger charge is 2.62. The van der Waals surface area contributed by atoms with Crippen LogP contribution in [-0.4, -0.2) is 70.6 Å². The molecule has 3 rings (SSSR count). The number of benzene rings is 1. The Hall–Kier alpha value is -2.45. The molecule has 0 radical (unpaired) electrons. The van der Waals surface area contributed by atoms with E-state index in [9.17, 15) is 19.5 Å². The fraction of sp³-hybridized carbons (Fsp3) is 0.526. The van der Waals surface area contributed by atoms with Gasteiger partial charge in [-0.25, -0.2) is 4.79 Å². The molecule has 1 spiro atoms. The predicted molar refractivity (Wildman–Crippen MR) is 96.5 cm³/mol. The average molecular weight is 375 g/mol. The molecule has 1 aromatic rings. The number of hydrogen-bond acceptors (Lipinski definition) is 6. The van der Waals surface area contributed by atoms with Crippen molar-refractivity contribution in [2.75, 3.05) is 20.1 Å². The largest absolute Gasteiger partial charge is 0.445 e. The molecular formula is C19H25N3O5. The van der Waals surface area contributed by atoms with Gasteiger partial charge in [0.1, 0.15) is 18.2 Å². The zero-order valence-electron chi connectivity index (χ0n) is 15.6. The van der Waals surface area contributed by atoms with Crippen molar-refractivity contribution >= 4 is 17.9 Å². The molecule has 0 aromatic heterocycles. The Morgan fingerprint density at radius 2 is 2.04 bits per heavy atom.